The Morgan fingerprint density at radius 1 is 1.27 bits per heavy atom. The van der Waals surface area contributed by atoms with Crippen molar-refractivity contribution in [3.05, 3.63) is 34.9 Å². The number of likely N-dealkylation sites (N-methyl/N-ethyl adjacent to an activating group) is 1. The molecule has 0 saturated heterocycles. The van der Waals surface area contributed by atoms with Gasteiger partial charge in [0.15, 0.2) is 0 Å². The maximum atomic E-state index is 11.8. The first-order chi connectivity index (χ1) is 7.19. The molecule has 0 aliphatic heterocycles. The van der Waals surface area contributed by atoms with E-state index in [1.54, 1.807) is 0 Å². The van der Waals surface area contributed by atoms with Crippen LogP contribution >= 0.6 is 11.6 Å². The molecule has 1 aromatic carbocycles. The van der Waals surface area contributed by atoms with Crippen LogP contribution in [0, 0.1) is 0 Å². The summed E-state index contributed by atoms with van der Waals surface area (Å²) < 4.78 is 0. The molecule has 1 aromatic rings. The van der Waals surface area contributed by atoms with E-state index in [1.165, 1.54) is 0 Å². The van der Waals surface area contributed by atoms with E-state index in [0.29, 0.717) is 11.4 Å². The third-order valence-corrected chi connectivity index (χ3v) is 2.78. The molecule has 0 aliphatic rings. The molecule has 0 unspecified atom stereocenters. The standard InChI is InChI=1S/C12H16ClNO/c1-3-14(4-2)12(15)9-10-7-5-6-8-11(10)13/h5-8H,3-4,9H2,1-2H3. The fourth-order valence-electron chi connectivity index (χ4n) is 1.49. The highest BCUT2D eigenvalue weighted by atomic mass is 35.5. The van der Waals surface area contributed by atoms with Crippen LogP contribution in [-0.2, 0) is 11.2 Å². The number of hydrogen-bond donors (Lipinski definition) is 0. The summed E-state index contributed by atoms with van der Waals surface area (Å²) in [6.07, 6.45) is 0.390. The van der Waals surface area contributed by atoms with Crippen molar-refractivity contribution in [2.75, 3.05) is 13.1 Å². The van der Waals surface area contributed by atoms with Crippen molar-refractivity contribution in [2.45, 2.75) is 20.3 Å². The topological polar surface area (TPSA) is 20.3 Å². The zero-order valence-electron chi connectivity index (χ0n) is 9.16. The predicted molar refractivity (Wildman–Crippen MR) is 63.1 cm³/mol. The number of benzene rings is 1. The minimum atomic E-state index is 0.133. The minimum Gasteiger partial charge on any atom is -0.343 e. The molecule has 3 heteroatoms. The highest BCUT2D eigenvalue weighted by molar-refractivity contribution is 6.31. The van der Waals surface area contributed by atoms with Crippen LogP contribution in [0.3, 0.4) is 0 Å². The molecule has 0 heterocycles. The van der Waals surface area contributed by atoms with Crippen LogP contribution in [0.5, 0.6) is 0 Å². The van der Waals surface area contributed by atoms with Gasteiger partial charge in [-0.1, -0.05) is 29.8 Å². The first kappa shape index (κ1) is 12.1. The van der Waals surface area contributed by atoms with Gasteiger partial charge in [-0.05, 0) is 25.5 Å². The number of carbonyl (C=O) groups is 1. The van der Waals surface area contributed by atoms with E-state index in [9.17, 15) is 4.79 Å². The lowest BCUT2D eigenvalue weighted by atomic mass is 10.1. The van der Waals surface area contributed by atoms with Crippen LogP contribution < -0.4 is 0 Å². The summed E-state index contributed by atoms with van der Waals surface area (Å²) in [5.41, 5.74) is 0.899. The van der Waals surface area contributed by atoms with E-state index in [2.05, 4.69) is 0 Å². The average Bonchev–Trinajstić information content (AvgIpc) is 2.23. The molecule has 0 aliphatic carbocycles. The Hall–Kier alpha value is -1.02. The summed E-state index contributed by atoms with van der Waals surface area (Å²) in [6, 6.07) is 7.47. The highest BCUT2D eigenvalue weighted by Gasteiger charge is 2.11. The van der Waals surface area contributed by atoms with E-state index in [1.807, 2.05) is 43.0 Å². The highest BCUT2D eigenvalue weighted by Crippen LogP contribution is 2.16. The number of amides is 1. The summed E-state index contributed by atoms with van der Waals surface area (Å²) in [7, 11) is 0. The van der Waals surface area contributed by atoms with E-state index < -0.39 is 0 Å². The predicted octanol–water partition coefficient (Wildman–Crippen LogP) is 2.75. The number of rotatable bonds is 4. The fourth-order valence-corrected chi connectivity index (χ4v) is 1.70. The van der Waals surface area contributed by atoms with Crippen LogP contribution in [0.2, 0.25) is 5.02 Å². The molecule has 0 fully saturated rings. The van der Waals surface area contributed by atoms with Gasteiger partial charge < -0.3 is 4.90 Å². The maximum absolute atomic E-state index is 11.8. The number of carbonyl (C=O) groups excluding carboxylic acids is 1. The fraction of sp³-hybridized carbons (Fsp3) is 0.417. The maximum Gasteiger partial charge on any atom is 0.227 e. The molecule has 15 heavy (non-hydrogen) atoms. The van der Waals surface area contributed by atoms with Crippen LogP contribution in [0.15, 0.2) is 24.3 Å². The molecule has 1 rings (SSSR count). The van der Waals surface area contributed by atoms with Crippen molar-refractivity contribution < 1.29 is 4.79 Å². The Balaban J connectivity index is 2.70. The zero-order valence-corrected chi connectivity index (χ0v) is 9.92. The second kappa shape index (κ2) is 5.76. The van der Waals surface area contributed by atoms with Crippen LogP contribution in [0.25, 0.3) is 0 Å². The van der Waals surface area contributed by atoms with Gasteiger partial charge in [0.2, 0.25) is 5.91 Å². The number of nitrogens with zero attached hydrogens (tertiary/aromatic N) is 1. The van der Waals surface area contributed by atoms with Gasteiger partial charge in [0.1, 0.15) is 0 Å². The molecule has 0 spiro atoms. The van der Waals surface area contributed by atoms with Gasteiger partial charge >= 0.3 is 0 Å². The summed E-state index contributed by atoms with van der Waals surface area (Å²) >= 11 is 5.99. The van der Waals surface area contributed by atoms with E-state index in [4.69, 9.17) is 11.6 Å². The molecule has 2 nitrogen and oxygen atoms in total. The molecule has 0 atom stereocenters. The van der Waals surface area contributed by atoms with Crippen LogP contribution in [0.4, 0.5) is 0 Å². The Kier molecular flexibility index (Phi) is 4.63. The zero-order chi connectivity index (χ0) is 11.3. The van der Waals surface area contributed by atoms with Crippen LogP contribution in [-0.4, -0.2) is 23.9 Å². The second-order valence-electron chi connectivity index (χ2n) is 3.33. The van der Waals surface area contributed by atoms with Gasteiger partial charge in [-0.25, -0.2) is 0 Å². The lowest BCUT2D eigenvalue weighted by molar-refractivity contribution is -0.130. The third-order valence-electron chi connectivity index (χ3n) is 2.42. The summed E-state index contributed by atoms with van der Waals surface area (Å²) in [4.78, 5) is 13.6. The van der Waals surface area contributed by atoms with Crippen molar-refractivity contribution in [3.63, 3.8) is 0 Å². The molecule has 0 N–H and O–H groups in total. The Morgan fingerprint density at radius 2 is 1.87 bits per heavy atom. The lowest BCUT2D eigenvalue weighted by Gasteiger charge is -2.18. The van der Waals surface area contributed by atoms with Gasteiger partial charge in [0, 0.05) is 18.1 Å². The first-order valence-corrected chi connectivity index (χ1v) is 5.58. The number of hydrogen-bond acceptors (Lipinski definition) is 1. The second-order valence-corrected chi connectivity index (χ2v) is 3.74. The summed E-state index contributed by atoms with van der Waals surface area (Å²) in [5.74, 6) is 0.133. The van der Waals surface area contributed by atoms with Crippen molar-refractivity contribution in [3.8, 4) is 0 Å². The Bertz CT molecular complexity index is 334. The van der Waals surface area contributed by atoms with Gasteiger partial charge in [-0.2, -0.15) is 0 Å². The Labute approximate surface area is 95.8 Å². The molecular weight excluding hydrogens is 210 g/mol. The van der Waals surface area contributed by atoms with Crippen LogP contribution in [0.1, 0.15) is 19.4 Å². The van der Waals surface area contributed by atoms with Gasteiger partial charge in [-0.3, -0.25) is 4.79 Å². The number of halogens is 1. The van der Waals surface area contributed by atoms with Crippen molar-refractivity contribution in [2.24, 2.45) is 0 Å². The molecule has 0 radical (unpaired) electrons. The normalized spacial score (nSPS) is 10.1. The van der Waals surface area contributed by atoms with Crippen molar-refractivity contribution in [1.29, 1.82) is 0 Å². The SMILES string of the molecule is CCN(CC)C(=O)Cc1ccccc1Cl. The molecule has 0 saturated carbocycles. The molecule has 0 aromatic heterocycles. The molecule has 0 bridgehead atoms. The smallest absolute Gasteiger partial charge is 0.227 e. The Morgan fingerprint density at radius 3 is 2.40 bits per heavy atom. The van der Waals surface area contributed by atoms with Gasteiger partial charge in [0.25, 0.3) is 0 Å². The largest absolute Gasteiger partial charge is 0.343 e. The van der Waals surface area contributed by atoms with Crippen molar-refractivity contribution in [1.82, 2.24) is 4.90 Å². The van der Waals surface area contributed by atoms with E-state index >= 15 is 0 Å². The van der Waals surface area contributed by atoms with E-state index in [0.717, 1.165) is 18.7 Å². The molecule has 82 valence electrons. The summed E-state index contributed by atoms with van der Waals surface area (Å²) in [5, 5.41) is 0.665. The third kappa shape index (κ3) is 3.24. The van der Waals surface area contributed by atoms with Crippen molar-refractivity contribution >= 4 is 17.5 Å². The average molecular weight is 226 g/mol. The lowest BCUT2D eigenvalue weighted by Crippen LogP contribution is -2.31. The molecular formula is C12H16ClNO. The minimum absolute atomic E-state index is 0.133. The van der Waals surface area contributed by atoms with E-state index in [-0.39, 0.29) is 5.91 Å². The van der Waals surface area contributed by atoms with Gasteiger partial charge in [-0.15, -0.1) is 0 Å². The molecule has 1 amide bonds. The first-order valence-electron chi connectivity index (χ1n) is 5.20. The monoisotopic (exact) mass is 225 g/mol. The van der Waals surface area contributed by atoms with Gasteiger partial charge in [0.05, 0.1) is 6.42 Å². The quantitative estimate of drug-likeness (QED) is 0.772. The summed E-state index contributed by atoms with van der Waals surface area (Å²) in [6.45, 7) is 5.46.